The molecule has 3 heteroatoms. The SMILES string of the molecule is CCN(Cc1ccncc1)C(C)C(C)N. The van der Waals surface area contributed by atoms with E-state index in [1.165, 1.54) is 5.56 Å². The van der Waals surface area contributed by atoms with E-state index in [-0.39, 0.29) is 6.04 Å². The number of hydrogen-bond acceptors (Lipinski definition) is 3. The summed E-state index contributed by atoms with van der Waals surface area (Å²) in [6.07, 6.45) is 3.67. The van der Waals surface area contributed by atoms with E-state index in [0.29, 0.717) is 6.04 Å². The van der Waals surface area contributed by atoms with E-state index in [4.69, 9.17) is 5.73 Å². The quantitative estimate of drug-likeness (QED) is 0.798. The molecule has 2 atom stereocenters. The van der Waals surface area contributed by atoms with Crippen molar-refractivity contribution in [2.75, 3.05) is 6.54 Å². The van der Waals surface area contributed by atoms with E-state index < -0.39 is 0 Å². The number of nitrogens with two attached hydrogens (primary N) is 1. The molecule has 1 aromatic heterocycles. The van der Waals surface area contributed by atoms with Crippen molar-refractivity contribution in [2.45, 2.75) is 39.4 Å². The Hall–Kier alpha value is -0.930. The third-order valence-electron chi connectivity index (χ3n) is 2.88. The zero-order chi connectivity index (χ0) is 11.3. The molecular formula is C12H21N3. The van der Waals surface area contributed by atoms with E-state index in [9.17, 15) is 0 Å². The maximum absolute atomic E-state index is 5.91. The maximum atomic E-state index is 5.91. The monoisotopic (exact) mass is 207 g/mol. The van der Waals surface area contributed by atoms with Crippen molar-refractivity contribution in [3.8, 4) is 0 Å². The highest BCUT2D eigenvalue weighted by Crippen LogP contribution is 2.08. The van der Waals surface area contributed by atoms with Crippen molar-refractivity contribution in [2.24, 2.45) is 5.73 Å². The summed E-state index contributed by atoms with van der Waals surface area (Å²) in [7, 11) is 0. The van der Waals surface area contributed by atoms with Crippen LogP contribution < -0.4 is 5.73 Å². The van der Waals surface area contributed by atoms with Gasteiger partial charge in [-0.2, -0.15) is 0 Å². The first kappa shape index (κ1) is 12.1. The van der Waals surface area contributed by atoms with Crippen LogP contribution in [-0.2, 0) is 6.54 Å². The molecule has 0 amide bonds. The molecule has 0 bridgehead atoms. The smallest absolute Gasteiger partial charge is 0.0271 e. The molecule has 2 unspecified atom stereocenters. The highest BCUT2D eigenvalue weighted by molar-refractivity contribution is 5.09. The van der Waals surface area contributed by atoms with Crippen LogP contribution in [0, 0.1) is 0 Å². The van der Waals surface area contributed by atoms with Gasteiger partial charge in [-0.05, 0) is 38.1 Å². The Labute approximate surface area is 92.3 Å². The molecule has 0 spiro atoms. The number of rotatable bonds is 5. The van der Waals surface area contributed by atoms with Crippen molar-refractivity contribution >= 4 is 0 Å². The summed E-state index contributed by atoms with van der Waals surface area (Å²) in [6, 6.07) is 4.71. The fourth-order valence-electron chi connectivity index (χ4n) is 1.60. The Kier molecular flexibility index (Phi) is 4.72. The number of hydrogen-bond donors (Lipinski definition) is 1. The lowest BCUT2D eigenvalue weighted by atomic mass is 10.1. The van der Waals surface area contributed by atoms with E-state index in [2.05, 4.69) is 42.8 Å². The summed E-state index contributed by atoms with van der Waals surface area (Å²) >= 11 is 0. The highest BCUT2D eigenvalue weighted by Gasteiger charge is 2.15. The third-order valence-corrected chi connectivity index (χ3v) is 2.88. The van der Waals surface area contributed by atoms with Crippen molar-refractivity contribution in [3.05, 3.63) is 30.1 Å². The molecule has 2 N–H and O–H groups in total. The van der Waals surface area contributed by atoms with Gasteiger partial charge in [0.2, 0.25) is 0 Å². The summed E-state index contributed by atoms with van der Waals surface area (Å²) in [5.74, 6) is 0. The summed E-state index contributed by atoms with van der Waals surface area (Å²) in [5.41, 5.74) is 7.20. The van der Waals surface area contributed by atoms with Crippen molar-refractivity contribution in [1.29, 1.82) is 0 Å². The lowest BCUT2D eigenvalue weighted by molar-refractivity contribution is 0.190. The second kappa shape index (κ2) is 5.83. The molecule has 15 heavy (non-hydrogen) atoms. The molecule has 0 fully saturated rings. The van der Waals surface area contributed by atoms with Crippen molar-refractivity contribution < 1.29 is 0 Å². The predicted octanol–water partition coefficient (Wildman–Crippen LogP) is 1.64. The second-order valence-electron chi connectivity index (χ2n) is 4.02. The Morgan fingerprint density at radius 3 is 2.40 bits per heavy atom. The fourth-order valence-corrected chi connectivity index (χ4v) is 1.60. The molecular weight excluding hydrogens is 186 g/mol. The van der Waals surface area contributed by atoms with Crippen molar-refractivity contribution in [1.82, 2.24) is 9.88 Å². The van der Waals surface area contributed by atoms with Gasteiger partial charge in [0.25, 0.3) is 0 Å². The molecule has 3 nitrogen and oxygen atoms in total. The molecule has 0 saturated carbocycles. The number of aromatic nitrogens is 1. The molecule has 1 heterocycles. The Balaban J connectivity index is 2.62. The summed E-state index contributed by atoms with van der Waals surface area (Å²) in [6.45, 7) is 8.36. The van der Waals surface area contributed by atoms with Crippen LogP contribution in [0.1, 0.15) is 26.3 Å². The van der Waals surface area contributed by atoms with Gasteiger partial charge in [0.1, 0.15) is 0 Å². The fraction of sp³-hybridized carbons (Fsp3) is 0.583. The van der Waals surface area contributed by atoms with Gasteiger partial charge in [-0.15, -0.1) is 0 Å². The first-order valence-electron chi connectivity index (χ1n) is 5.53. The predicted molar refractivity (Wildman–Crippen MR) is 63.4 cm³/mol. The van der Waals surface area contributed by atoms with Gasteiger partial charge in [0.05, 0.1) is 0 Å². The Morgan fingerprint density at radius 2 is 1.93 bits per heavy atom. The van der Waals surface area contributed by atoms with Crippen LogP contribution in [0.4, 0.5) is 0 Å². The van der Waals surface area contributed by atoms with Gasteiger partial charge in [0.15, 0.2) is 0 Å². The molecule has 0 aliphatic heterocycles. The topological polar surface area (TPSA) is 42.2 Å². The standard InChI is InChI=1S/C12H21N3/c1-4-15(11(3)10(2)13)9-12-5-7-14-8-6-12/h5-8,10-11H,4,9,13H2,1-3H3. The van der Waals surface area contributed by atoms with Crippen LogP contribution in [0.2, 0.25) is 0 Å². The molecule has 84 valence electrons. The molecule has 0 aliphatic rings. The van der Waals surface area contributed by atoms with Crippen LogP contribution in [0.25, 0.3) is 0 Å². The average Bonchev–Trinajstić information content (AvgIpc) is 2.26. The summed E-state index contributed by atoms with van der Waals surface area (Å²) in [4.78, 5) is 6.39. The number of likely N-dealkylation sites (N-methyl/N-ethyl adjacent to an activating group) is 1. The van der Waals surface area contributed by atoms with Crippen LogP contribution >= 0.6 is 0 Å². The molecule has 0 aliphatic carbocycles. The van der Waals surface area contributed by atoms with Gasteiger partial charge >= 0.3 is 0 Å². The second-order valence-corrected chi connectivity index (χ2v) is 4.02. The molecule has 0 saturated heterocycles. The van der Waals surface area contributed by atoms with E-state index in [0.717, 1.165) is 13.1 Å². The molecule has 1 aromatic rings. The van der Waals surface area contributed by atoms with E-state index in [1.807, 2.05) is 12.4 Å². The first-order valence-corrected chi connectivity index (χ1v) is 5.53. The van der Waals surface area contributed by atoms with Crippen LogP contribution in [0.5, 0.6) is 0 Å². The maximum Gasteiger partial charge on any atom is 0.0271 e. The minimum atomic E-state index is 0.201. The normalized spacial score (nSPS) is 15.3. The van der Waals surface area contributed by atoms with Crippen LogP contribution in [0.3, 0.4) is 0 Å². The number of pyridine rings is 1. The summed E-state index contributed by atoms with van der Waals surface area (Å²) in [5, 5.41) is 0. The largest absolute Gasteiger partial charge is 0.327 e. The lowest BCUT2D eigenvalue weighted by Gasteiger charge is -2.30. The first-order chi connectivity index (χ1) is 7.15. The highest BCUT2D eigenvalue weighted by atomic mass is 15.2. The average molecular weight is 207 g/mol. The molecule has 1 rings (SSSR count). The van der Waals surface area contributed by atoms with E-state index in [1.54, 1.807) is 0 Å². The minimum absolute atomic E-state index is 0.201. The summed E-state index contributed by atoms with van der Waals surface area (Å²) < 4.78 is 0. The van der Waals surface area contributed by atoms with Gasteiger partial charge in [-0.25, -0.2) is 0 Å². The lowest BCUT2D eigenvalue weighted by Crippen LogP contribution is -2.43. The third kappa shape index (κ3) is 3.61. The number of nitrogens with zero attached hydrogens (tertiary/aromatic N) is 2. The van der Waals surface area contributed by atoms with Crippen molar-refractivity contribution in [3.63, 3.8) is 0 Å². The van der Waals surface area contributed by atoms with Gasteiger partial charge in [-0.1, -0.05) is 6.92 Å². The Bertz CT molecular complexity index is 271. The zero-order valence-electron chi connectivity index (χ0n) is 9.85. The molecule has 0 radical (unpaired) electrons. The van der Waals surface area contributed by atoms with Gasteiger partial charge < -0.3 is 5.73 Å². The minimum Gasteiger partial charge on any atom is -0.327 e. The van der Waals surface area contributed by atoms with Crippen LogP contribution in [0.15, 0.2) is 24.5 Å². The Morgan fingerprint density at radius 1 is 1.33 bits per heavy atom. The van der Waals surface area contributed by atoms with E-state index >= 15 is 0 Å². The van der Waals surface area contributed by atoms with Crippen LogP contribution in [-0.4, -0.2) is 28.5 Å². The van der Waals surface area contributed by atoms with Gasteiger partial charge in [0, 0.05) is 31.0 Å². The van der Waals surface area contributed by atoms with Gasteiger partial charge in [-0.3, -0.25) is 9.88 Å². The zero-order valence-corrected chi connectivity index (χ0v) is 9.85. The molecule has 0 aromatic carbocycles.